The third-order valence-corrected chi connectivity index (χ3v) is 6.62. The maximum atomic E-state index is 11.5. The van der Waals surface area contributed by atoms with Crippen LogP contribution in [0.5, 0.6) is 5.75 Å². The smallest absolute Gasteiger partial charge is 0.333 e. The van der Waals surface area contributed by atoms with Crippen molar-refractivity contribution in [1.82, 2.24) is 0 Å². The van der Waals surface area contributed by atoms with E-state index in [-0.39, 0.29) is 5.84 Å². The molecule has 0 aromatic heterocycles. The minimum Gasteiger partial charge on any atom is -0.494 e. The predicted molar refractivity (Wildman–Crippen MR) is 116 cm³/mol. The first-order valence-electron chi connectivity index (χ1n) is 8.58. The number of hydrogen-bond acceptors (Lipinski definition) is 5. The highest BCUT2D eigenvalue weighted by atomic mass is 32.4. The van der Waals surface area contributed by atoms with Crippen molar-refractivity contribution in [1.29, 1.82) is 0 Å². The molecule has 0 heterocycles. The molecular formula is C20H23N2O4PS. The van der Waals surface area contributed by atoms with Gasteiger partial charge in [0.25, 0.3) is 6.42 Å². The number of carbonyl (C=O) groups excluding carboxylic acids is 1. The van der Waals surface area contributed by atoms with Crippen LogP contribution in [0.4, 0.5) is 0 Å². The molecule has 0 aliphatic rings. The zero-order valence-electron chi connectivity index (χ0n) is 16.0. The van der Waals surface area contributed by atoms with E-state index in [9.17, 15) is 4.79 Å². The van der Waals surface area contributed by atoms with E-state index < -0.39 is 12.4 Å². The molecular weight excluding hydrogens is 395 g/mol. The Morgan fingerprint density at radius 3 is 2.57 bits per heavy atom. The Bertz CT molecular complexity index is 929. The highest BCUT2D eigenvalue weighted by molar-refractivity contribution is 8.15. The molecule has 0 saturated heterocycles. The summed E-state index contributed by atoms with van der Waals surface area (Å²) < 4.78 is 20.7. The van der Waals surface area contributed by atoms with E-state index in [0.717, 1.165) is 0 Å². The Morgan fingerprint density at radius 1 is 1.21 bits per heavy atom. The molecule has 0 aliphatic heterocycles. The quantitative estimate of drug-likeness (QED) is 0.176. The molecule has 6 nitrogen and oxygen atoms in total. The van der Waals surface area contributed by atoms with Gasteiger partial charge in [-0.25, -0.2) is 4.79 Å². The van der Waals surface area contributed by atoms with Crippen molar-refractivity contribution in [3.63, 3.8) is 0 Å². The van der Waals surface area contributed by atoms with Crippen LogP contribution >= 0.6 is 6.42 Å². The molecule has 1 atom stereocenters. The number of nitrogens with two attached hydrogens (primary N) is 1. The first-order valence-corrected chi connectivity index (χ1v) is 11.3. The van der Waals surface area contributed by atoms with Gasteiger partial charge in [-0.1, -0.05) is 30.3 Å². The second-order valence-electron chi connectivity index (χ2n) is 5.67. The zero-order chi connectivity index (χ0) is 20.6. The summed E-state index contributed by atoms with van der Waals surface area (Å²) in [6.07, 6.45) is -1.74. The Labute approximate surface area is 170 Å². The van der Waals surface area contributed by atoms with E-state index in [1.165, 1.54) is 13.2 Å². The van der Waals surface area contributed by atoms with Gasteiger partial charge in [0.05, 0.1) is 19.8 Å². The van der Waals surface area contributed by atoms with Crippen LogP contribution in [0, 0.1) is 0 Å². The summed E-state index contributed by atoms with van der Waals surface area (Å²) in [5.41, 5.74) is 6.93. The van der Waals surface area contributed by atoms with Crippen molar-refractivity contribution >= 4 is 35.3 Å². The van der Waals surface area contributed by atoms with Gasteiger partial charge in [-0.05, 0) is 49.9 Å². The third kappa shape index (κ3) is 5.94. The van der Waals surface area contributed by atoms with Crippen LogP contribution in [0.25, 0.3) is 0 Å². The number of benzene rings is 2. The van der Waals surface area contributed by atoms with E-state index in [0.29, 0.717) is 29.0 Å². The monoisotopic (exact) mass is 418 g/mol. The van der Waals surface area contributed by atoms with Crippen LogP contribution in [0.3, 0.4) is 0 Å². The van der Waals surface area contributed by atoms with Crippen LogP contribution in [-0.2, 0) is 25.9 Å². The third-order valence-electron chi connectivity index (χ3n) is 3.55. The van der Waals surface area contributed by atoms with Gasteiger partial charge in [-0.15, -0.1) is 0 Å². The van der Waals surface area contributed by atoms with E-state index in [1.807, 2.05) is 55.5 Å². The molecule has 2 aromatic carbocycles. The van der Waals surface area contributed by atoms with Crippen molar-refractivity contribution in [2.75, 3.05) is 13.7 Å². The minimum absolute atomic E-state index is 0.236. The van der Waals surface area contributed by atoms with E-state index in [2.05, 4.69) is 9.50 Å². The fraction of sp³-hybridized carbons (Fsp3) is 0.200. The molecule has 148 valence electrons. The molecule has 1 unspecified atom stereocenters. The van der Waals surface area contributed by atoms with E-state index in [1.54, 1.807) is 13.0 Å². The number of methoxy groups -OCH3 is 1. The lowest BCUT2D eigenvalue weighted by atomic mass is 10.2. The summed E-state index contributed by atoms with van der Waals surface area (Å²) in [6.45, 7) is 4.08. The number of nitrogens with zero attached hydrogens (tertiary/aromatic N) is 1. The van der Waals surface area contributed by atoms with Gasteiger partial charge < -0.3 is 19.7 Å². The number of esters is 1. The summed E-state index contributed by atoms with van der Waals surface area (Å²) in [4.78, 5) is 11.5. The summed E-state index contributed by atoms with van der Waals surface area (Å²) in [7, 11) is 1.29. The lowest BCUT2D eigenvalue weighted by Gasteiger charge is -2.20. The molecule has 28 heavy (non-hydrogen) atoms. The van der Waals surface area contributed by atoms with Gasteiger partial charge in [-0.2, -0.15) is 4.76 Å². The lowest BCUT2D eigenvalue weighted by molar-refractivity contribution is -0.135. The van der Waals surface area contributed by atoms with Gasteiger partial charge in [0, 0.05) is 10.9 Å². The Morgan fingerprint density at radius 2 is 1.93 bits per heavy atom. The topological polar surface area (TPSA) is 83.1 Å². The van der Waals surface area contributed by atoms with Gasteiger partial charge >= 0.3 is 5.97 Å². The molecule has 0 bridgehead atoms. The number of rotatable bonds is 8. The molecule has 0 aliphatic carbocycles. The highest BCUT2D eigenvalue weighted by Gasteiger charge is 2.23. The van der Waals surface area contributed by atoms with E-state index in [4.69, 9.17) is 26.8 Å². The van der Waals surface area contributed by atoms with Gasteiger partial charge in [-0.3, -0.25) is 0 Å². The van der Waals surface area contributed by atoms with Gasteiger partial charge in [0.2, 0.25) is 0 Å². The van der Waals surface area contributed by atoms with Crippen LogP contribution in [-0.4, -0.2) is 25.5 Å². The average Bonchev–Trinajstić information content (AvgIpc) is 2.68. The van der Waals surface area contributed by atoms with Crippen molar-refractivity contribution in [3.8, 4) is 5.75 Å². The number of carbonyl (C=O) groups is 1. The van der Waals surface area contributed by atoms with Crippen LogP contribution in [0.2, 0.25) is 0 Å². The standard InChI is InChI=1S/C20H23N2O4PS/c1-4-25-17-10-8-9-16(14-17)20(21)22-27(28,18-11-6-5-7-12-18)26-15(2)13-19(23)24-3/h5-14H,4H2,1-3H3,(H2,21,22,28). The summed E-state index contributed by atoms with van der Waals surface area (Å²) >= 11 is 5.79. The average molecular weight is 418 g/mol. The highest BCUT2D eigenvalue weighted by Crippen LogP contribution is 2.50. The van der Waals surface area contributed by atoms with Crippen molar-refractivity contribution < 1.29 is 18.8 Å². The predicted octanol–water partition coefficient (Wildman–Crippen LogP) is 3.52. The van der Waals surface area contributed by atoms with Crippen LogP contribution in [0.15, 0.2) is 71.2 Å². The van der Waals surface area contributed by atoms with Crippen molar-refractivity contribution in [2.45, 2.75) is 13.8 Å². The first-order chi connectivity index (χ1) is 13.4. The molecule has 2 aromatic rings. The second kappa shape index (κ2) is 10.1. The maximum absolute atomic E-state index is 11.5. The molecule has 0 saturated carbocycles. The summed E-state index contributed by atoms with van der Waals surface area (Å²) in [6, 6.07) is 16.5. The number of hydrogen-bond donors (Lipinski definition) is 1. The van der Waals surface area contributed by atoms with Gasteiger partial charge in [0.15, 0.2) is 0 Å². The Hall–Kier alpha value is -2.63. The maximum Gasteiger partial charge on any atom is 0.333 e. The minimum atomic E-state index is -2.97. The first kappa shape index (κ1) is 21.7. The normalized spacial score (nSPS) is 14.1. The lowest BCUT2D eigenvalue weighted by Crippen LogP contribution is -2.16. The fourth-order valence-electron chi connectivity index (χ4n) is 2.31. The number of allylic oxidation sites excluding steroid dienone is 1. The van der Waals surface area contributed by atoms with E-state index >= 15 is 0 Å². The molecule has 2 rings (SSSR count). The fourth-order valence-corrected chi connectivity index (χ4v) is 4.94. The summed E-state index contributed by atoms with van der Waals surface area (Å²) in [5, 5.41) is 0.714. The molecule has 0 radical (unpaired) electrons. The van der Waals surface area contributed by atoms with Crippen LogP contribution in [0.1, 0.15) is 19.4 Å². The summed E-state index contributed by atoms with van der Waals surface area (Å²) in [5.74, 6) is 0.695. The SMILES string of the molecule is CCOc1cccc(C(N)=NP(=S)(OC(C)=CC(=O)OC)c2ccccc2)c1. The van der Waals surface area contributed by atoms with Gasteiger partial charge in [0.1, 0.15) is 17.3 Å². The Balaban J connectivity index is 2.46. The molecule has 8 heteroatoms. The zero-order valence-corrected chi connectivity index (χ0v) is 17.7. The molecule has 0 amide bonds. The molecule has 2 N–H and O–H groups in total. The van der Waals surface area contributed by atoms with Crippen molar-refractivity contribution in [3.05, 3.63) is 72.0 Å². The number of ether oxygens (including phenoxy) is 2. The van der Waals surface area contributed by atoms with Crippen LogP contribution < -0.4 is 15.8 Å². The molecule has 0 fully saturated rings. The largest absolute Gasteiger partial charge is 0.494 e. The molecule has 0 spiro atoms. The number of amidine groups is 1. The second-order valence-corrected chi connectivity index (χ2v) is 9.10. The Kier molecular flexibility index (Phi) is 7.79. The van der Waals surface area contributed by atoms with Crippen molar-refractivity contribution in [2.24, 2.45) is 10.5 Å².